The van der Waals surface area contributed by atoms with Gasteiger partial charge in [0.2, 0.25) is 0 Å². The van der Waals surface area contributed by atoms with Crippen molar-refractivity contribution in [3.05, 3.63) is 29.3 Å². The van der Waals surface area contributed by atoms with Gasteiger partial charge in [0.1, 0.15) is 18.5 Å². The summed E-state index contributed by atoms with van der Waals surface area (Å²) in [6.07, 6.45) is -0.543. The average Bonchev–Trinajstić information content (AvgIpc) is 2.25. The fraction of sp³-hybridized carbons (Fsp3) is 0.455. The molecule has 1 atom stereocenters. The lowest BCUT2D eigenvalue weighted by atomic mass is 10.3. The summed E-state index contributed by atoms with van der Waals surface area (Å²) in [5.74, 6) is 0.702. The van der Waals surface area contributed by atoms with E-state index in [0.29, 0.717) is 17.3 Å². The van der Waals surface area contributed by atoms with Gasteiger partial charge in [-0.3, -0.25) is 10.4 Å². The fourth-order valence-corrected chi connectivity index (χ4v) is 1.20. The van der Waals surface area contributed by atoms with Crippen molar-refractivity contribution in [2.24, 2.45) is 0 Å². The van der Waals surface area contributed by atoms with Gasteiger partial charge in [-0.2, -0.15) is 0 Å². The summed E-state index contributed by atoms with van der Waals surface area (Å²) in [4.78, 5) is 0. The second kappa shape index (κ2) is 8.55. The number of ether oxygens (including phenoxy) is 1. The van der Waals surface area contributed by atoms with E-state index in [1.54, 1.807) is 29.3 Å². The zero-order chi connectivity index (χ0) is 12.0. The fourth-order valence-electron chi connectivity index (χ4n) is 1.07. The predicted molar refractivity (Wildman–Crippen MR) is 71.9 cm³/mol. The van der Waals surface area contributed by atoms with Gasteiger partial charge in [-0.05, 0) is 24.3 Å². The van der Waals surface area contributed by atoms with E-state index in [0.717, 1.165) is 0 Å². The molecule has 0 radical (unpaired) electrons. The number of hydrazine groups is 1. The molecule has 0 aliphatic heterocycles. The lowest BCUT2D eigenvalue weighted by molar-refractivity contribution is 0.0884. The van der Waals surface area contributed by atoms with Gasteiger partial charge in [-0.1, -0.05) is 11.6 Å². The van der Waals surface area contributed by atoms with Crippen LogP contribution in [-0.4, -0.2) is 43.5 Å². The van der Waals surface area contributed by atoms with Gasteiger partial charge in [0.15, 0.2) is 0 Å². The first kappa shape index (κ1) is 16.5. The average molecular weight is 281 g/mol. The minimum absolute atomic E-state index is 0. The first-order valence-corrected chi connectivity index (χ1v) is 5.43. The van der Waals surface area contributed by atoms with Crippen LogP contribution >= 0.6 is 24.0 Å². The van der Waals surface area contributed by atoms with E-state index in [4.69, 9.17) is 16.3 Å². The SMILES string of the molecule is CN(C)NCC(O)COc1ccc(Cl)cc1.Cl. The molecule has 0 heterocycles. The molecule has 1 aromatic rings. The molecule has 6 heteroatoms. The zero-order valence-electron chi connectivity index (χ0n) is 9.89. The maximum atomic E-state index is 9.57. The van der Waals surface area contributed by atoms with Crippen molar-refractivity contribution in [3.63, 3.8) is 0 Å². The molecule has 0 aliphatic rings. The summed E-state index contributed by atoms with van der Waals surface area (Å²) in [5, 5.41) is 12.0. The summed E-state index contributed by atoms with van der Waals surface area (Å²) in [6.45, 7) is 0.711. The molecule has 1 unspecified atom stereocenters. The van der Waals surface area contributed by atoms with E-state index in [2.05, 4.69) is 5.43 Å². The maximum Gasteiger partial charge on any atom is 0.119 e. The van der Waals surface area contributed by atoms with Crippen molar-refractivity contribution in [3.8, 4) is 5.75 Å². The minimum atomic E-state index is -0.543. The highest BCUT2D eigenvalue weighted by atomic mass is 35.5. The zero-order valence-corrected chi connectivity index (χ0v) is 11.5. The smallest absolute Gasteiger partial charge is 0.119 e. The van der Waals surface area contributed by atoms with Crippen LogP contribution < -0.4 is 10.2 Å². The van der Waals surface area contributed by atoms with Crippen LogP contribution in [0.15, 0.2) is 24.3 Å². The molecule has 0 aromatic heterocycles. The van der Waals surface area contributed by atoms with Crippen LogP contribution in [0, 0.1) is 0 Å². The van der Waals surface area contributed by atoms with Gasteiger partial charge < -0.3 is 9.84 Å². The van der Waals surface area contributed by atoms with E-state index < -0.39 is 6.10 Å². The third-order valence-electron chi connectivity index (χ3n) is 1.90. The van der Waals surface area contributed by atoms with Crippen molar-refractivity contribution < 1.29 is 9.84 Å². The number of benzene rings is 1. The minimum Gasteiger partial charge on any atom is -0.491 e. The van der Waals surface area contributed by atoms with Gasteiger partial charge in [0.25, 0.3) is 0 Å². The Morgan fingerprint density at radius 2 is 1.94 bits per heavy atom. The lowest BCUT2D eigenvalue weighted by Gasteiger charge is -2.16. The van der Waals surface area contributed by atoms with E-state index in [1.165, 1.54) is 0 Å². The van der Waals surface area contributed by atoms with Crippen molar-refractivity contribution in [1.29, 1.82) is 0 Å². The molecule has 2 N–H and O–H groups in total. The second-order valence-electron chi connectivity index (χ2n) is 3.68. The second-order valence-corrected chi connectivity index (χ2v) is 4.11. The number of rotatable bonds is 6. The third kappa shape index (κ3) is 7.41. The Balaban J connectivity index is 0.00000256. The molecule has 1 aromatic carbocycles. The highest BCUT2D eigenvalue weighted by Gasteiger charge is 2.05. The highest BCUT2D eigenvalue weighted by molar-refractivity contribution is 6.30. The topological polar surface area (TPSA) is 44.7 Å². The molecule has 0 amide bonds. The first-order valence-electron chi connectivity index (χ1n) is 5.05. The molecule has 0 aliphatic carbocycles. The first-order chi connectivity index (χ1) is 7.58. The van der Waals surface area contributed by atoms with E-state index >= 15 is 0 Å². The van der Waals surface area contributed by atoms with E-state index in [1.807, 2.05) is 14.1 Å². The molecule has 0 spiro atoms. The van der Waals surface area contributed by atoms with Crippen molar-refractivity contribution in [2.45, 2.75) is 6.10 Å². The number of aliphatic hydroxyl groups excluding tert-OH is 1. The summed E-state index contributed by atoms with van der Waals surface area (Å²) in [6, 6.07) is 7.05. The summed E-state index contributed by atoms with van der Waals surface area (Å²) < 4.78 is 5.39. The Morgan fingerprint density at radius 1 is 1.35 bits per heavy atom. The van der Waals surface area contributed by atoms with Gasteiger partial charge in [-0.25, -0.2) is 0 Å². The van der Waals surface area contributed by atoms with E-state index in [9.17, 15) is 5.11 Å². The number of hydrogen-bond acceptors (Lipinski definition) is 4. The monoisotopic (exact) mass is 280 g/mol. The lowest BCUT2D eigenvalue weighted by Crippen LogP contribution is -2.39. The largest absolute Gasteiger partial charge is 0.491 e. The predicted octanol–water partition coefficient (Wildman–Crippen LogP) is 1.57. The van der Waals surface area contributed by atoms with Crippen molar-refractivity contribution >= 4 is 24.0 Å². The Labute approximate surface area is 113 Å². The van der Waals surface area contributed by atoms with Crippen molar-refractivity contribution in [2.75, 3.05) is 27.2 Å². The Kier molecular flexibility index (Phi) is 8.29. The van der Waals surface area contributed by atoms with Crippen LogP contribution in [0.25, 0.3) is 0 Å². The van der Waals surface area contributed by atoms with E-state index in [-0.39, 0.29) is 19.0 Å². The van der Waals surface area contributed by atoms with Gasteiger partial charge in [0, 0.05) is 25.7 Å². The molecular formula is C11H18Cl2N2O2. The molecule has 98 valence electrons. The number of aliphatic hydroxyl groups is 1. The number of nitrogens with one attached hydrogen (secondary N) is 1. The molecule has 4 nitrogen and oxygen atoms in total. The van der Waals surface area contributed by atoms with Crippen LogP contribution in [0.5, 0.6) is 5.75 Å². The molecule has 17 heavy (non-hydrogen) atoms. The third-order valence-corrected chi connectivity index (χ3v) is 2.15. The normalized spacial score (nSPS) is 12.1. The molecule has 0 fully saturated rings. The van der Waals surface area contributed by atoms with Crippen LogP contribution in [0.3, 0.4) is 0 Å². The maximum absolute atomic E-state index is 9.57. The molecule has 1 rings (SSSR count). The van der Waals surface area contributed by atoms with Crippen LogP contribution in [0.2, 0.25) is 5.02 Å². The summed E-state index contributed by atoms with van der Waals surface area (Å²) in [5.41, 5.74) is 2.97. The molecular weight excluding hydrogens is 263 g/mol. The quantitative estimate of drug-likeness (QED) is 0.777. The summed E-state index contributed by atoms with van der Waals surface area (Å²) >= 11 is 5.74. The Bertz CT molecular complexity index is 307. The molecule has 0 saturated heterocycles. The Hall–Kier alpha value is -0.520. The molecule has 0 saturated carbocycles. The van der Waals surface area contributed by atoms with Crippen LogP contribution in [-0.2, 0) is 0 Å². The summed E-state index contributed by atoms with van der Waals surface area (Å²) in [7, 11) is 3.74. The number of nitrogens with zero attached hydrogens (tertiary/aromatic N) is 1. The number of halogens is 2. The number of hydrogen-bond donors (Lipinski definition) is 2. The van der Waals surface area contributed by atoms with Crippen LogP contribution in [0.4, 0.5) is 0 Å². The highest BCUT2D eigenvalue weighted by Crippen LogP contribution is 2.15. The van der Waals surface area contributed by atoms with Gasteiger partial charge in [0.05, 0.1) is 0 Å². The van der Waals surface area contributed by atoms with Crippen LogP contribution in [0.1, 0.15) is 0 Å². The standard InChI is InChI=1S/C11H17ClN2O2.ClH/c1-14(2)13-7-10(15)8-16-11-5-3-9(12)4-6-11;/h3-6,10,13,15H,7-8H2,1-2H3;1H. The van der Waals surface area contributed by atoms with Gasteiger partial charge >= 0.3 is 0 Å². The Morgan fingerprint density at radius 3 is 2.47 bits per heavy atom. The molecule has 0 bridgehead atoms. The van der Waals surface area contributed by atoms with Crippen molar-refractivity contribution in [1.82, 2.24) is 10.4 Å². The van der Waals surface area contributed by atoms with Gasteiger partial charge in [-0.15, -0.1) is 12.4 Å².